The lowest BCUT2D eigenvalue weighted by molar-refractivity contribution is -0.154. The van der Waals surface area contributed by atoms with Crippen LogP contribution in [0.4, 0.5) is 9.18 Å². The first-order valence-corrected chi connectivity index (χ1v) is 9.25. The first kappa shape index (κ1) is 22.1. The molecule has 0 saturated carbocycles. The number of alkyl carbamates (subject to hydrolysis) is 1. The number of esters is 1. The highest BCUT2D eigenvalue weighted by atomic mass is 19.1. The van der Waals surface area contributed by atoms with Gasteiger partial charge in [0.05, 0.1) is 19.3 Å². The number of hydrogen-bond donors (Lipinski definition) is 2. The van der Waals surface area contributed by atoms with E-state index in [9.17, 15) is 19.1 Å². The third-order valence-electron chi connectivity index (χ3n) is 4.33. The van der Waals surface area contributed by atoms with Crippen molar-refractivity contribution in [1.29, 1.82) is 0 Å². The average molecular weight is 397 g/mol. The Bertz CT molecular complexity index is 672. The number of carbonyl (C=O) groups is 2. The van der Waals surface area contributed by atoms with Gasteiger partial charge in [-0.2, -0.15) is 0 Å². The van der Waals surface area contributed by atoms with Crippen molar-refractivity contribution in [3.63, 3.8) is 0 Å². The predicted molar refractivity (Wildman–Crippen MR) is 99.1 cm³/mol. The van der Waals surface area contributed by atoms with Crippen LogP contribution in [0, 0.1) is 11.7 Å². The van der Waals surface area contributed by atoms with E-state index in [1.807, 2.05) is 0 Å². The van der Waals surface area contributed by atoms with Crippen LogP contribution in [-0.2, 0) is 25.4 Å². The van der Waals surface area contributed by atoms with Crippen LogP contribution in [0.1, 0.15) is 33.3 Å². The van der Waals surface area contributed by atoms with Crippen LogP contribution < -0.4 is 5.32 Å². The molecule has 4 unspecified atom stereocenters. The highest BCUT2D eigenvalue weighted by Crippen LogP contribution is 2.22. The summed E-state index contributed by atoms with van der Waals surface area (Å²) in [6, 6.07) is 4.87. The molecule has 0 aromatic heterocycles. The van der Waals surface area contributed by atoms with Crippen molar-refractivity contribution in [2.24, 2.45) is 5.92 Å². The normalized spacial score (nSPS) is 26.4. The minimum absolute atomic E-state index is 0.0284. The number of benzene rings is 1. The molecule has 0 spiro atoms. The minimum Gasteiger partial charge on any atom is -0.461 e. The topological polar surface area (TPSA) is 94.1 Å². The number of halogens is 1. The van der Waals surface area contributed by atoms with Crippen molar-refractivity contribution in [3.8, 4) is 0 Å². The Kier molecular flexibility index (Phi) is 7.37. The Morgan fingerprint density at radius 1 is 1.29 bits per heavy atom. The number of hydrogen-bond acceptors (Lipinski definition) is 6. The van der Waals surface area contributed by atoms with Crippen LogP contribution >= 0.6 is 0 Å². The predicted octanol–water partition coefficient (Wildman–Crippen LogP) is 2.20. The zero-order chi connectivity index (χ0) is 20.9. The molecule has 8 heteroatoms. The summed E-state index contributed by atoms with van der Waals surface area (Å²) in [5.41, 5.74) is 0.0907. The summed E-state index contributed by atoms with van der Waals surface area (Å²) >= 11 is 0. The fourth-order valence-corrected chi connectivity index (χ4v) is 2.91. The van der Waals surface area contributed by atoms with Crippen LogP contribution in [0.15, 0.2) is 24.3 Å². The summed E-state index contributed by atoms with van der Waals surface area (Å²) in [6.45, 7) is 6.63. The molecule has 2 rings (SSSR count). The Morgan fingerprint density at radius 2 is 1.93 bits per heavy atom. The van der Waals surface area contributed by atoms with Gasteiger partial charge in [0, 0.05) is 5.92 Å². The summed E-state index contributed by atoms with van der Waals surface area (Å²) in [5, 5.41) is 12.9. The zero-order valence-electron chi connectivity index (χ0n) is 16.6. The molecule has 0 bridgehead atoms. The van der Waals surface area contributed by atoms with Gasteiger partial charge in [-0.05, 0) is 51.8 Å². The monoisotopic (exact) mass is 397 g/mol. The van der Waals surface area contributed by atoms with Gasteiger partial charge in [-0.1, -0.05) is 12.1 Å². The zero-order valence-corrected chi connectivity index (χ0v) is 16.6. The number of rotatable bonds is 3. The van der Waals surface area contributed by atoms with Crippen molar-refractivity contribution >= 4 is 12.1 Å². The number of nitrogens with one attached hydrogen (secondary N) is 1. The first-order valence-electron chi connectivity index (χ1n) is 9.25. The van der Waals surface area contributed by atoms with E-state index >= 15 is 0 Å². The summed E-state index contributed by atoms with van der Waals surface area (Å²) in [4.78, 5) is 24.4. The molecule has 4 atom stereocenters. The fraction of sp³-hybridized carbons (Fsp3) is 0.600. The van der Waals surface area contributed by atoms with Gasteiger partial charge in [-0.3, -0.25) is 0 Å². The minimum atomic E-state index is -1.05. The van der Waals surface area contributed by atoms with Crippen LogP contribution in [0.3, 0.4) is 0 Å². The molecule has 0 radical (unpaired) electrons. The van der Waals surface area contributed by atoms with Crippen LogP contribution in [0.2, 0.25) is 0 Å². The van der Waals surface area contributed by atoms with Crippen LogP contribution in [0.5, 0.6) is 0 Å². The molecular formula is C20H28FNO6. The standard InChI is InChI=1S/C20H28FNO6/c1-12-15(9-13-5-7-14(21)8-6-13)17(23)11-26-10-16(18(24)27-12)22-19(25)28-20(2,3)4/h5-8,12,15-17,23H,9-11H2,1-4H3,(H,22,25). The van der Waals surface area contributed by atoms with Gasteiger partial charge in [0.15, 0.2) is 6.04 Å². The maximum Gasteiger partial charge on any atom is 0.408 e. The molecular weight excluding hydrogens is 369 g/mol. The summed E-state index contributed by atoms with van der Waals surface area (Å²) < 4.78 is 29.2. The highest BCUT2D eigenvalue weighted by molar-refractivity contribution is 5.81. The molecule has 1 aromatic carbocycles. The second-order valence-electron chi connectivity index (χ2n) is 7.94. The summed E-state index contributed by atoms with van der Waals surface area (Å²) in [7, 11) is 0. The molecule has 1 aliphatic heterocycles. The lowest BCUT2D eigenvalue weighted by Crippen LogP contribution is -2.47. The Hall–Kier alpha value is -2.19. The third kappa shape index (κ3) is 6.76. The maximum absolute atomic E-state index is 13.1. The molecule has 1 aromatic rings. The van der Waals surface area contributed by atoms with E-state index in [-0.39, 0.29) is 19.0 Å². The van der Waals surface area contributed by atoms with E-state index in [2.05, 4.69) is 5.32 Å². The molecule has 28 heavy (non-hydrogen) atoms. The smallest absolute Gasteiger partial charge is 0.408 e. The van der Waals surface area contributed by atoms with Crippen molar-refractivity contribution in [1.82, 2.24) is 5.32 Å². The number of carbonyl (C=O) groups excluding carboxylic acids is 2. The second kappa shape index (κ2) is 9.34. The lowest BCUT2D eigenvalue weighted by atomic mass is 9.90. The number of cyclic esters (lactones) is 1. The molecule has 1 amide bonds. The van der Waals surface area contributed by atoms with Crippen LogP contribution in [0.25, 0.3) is 0 Å². The van der Waals surface area contributed by atoms with Gasteiger partial charge < -0.3 is 24.6 Å². The maximum atomic E-state index is 13.1. The SMILES string of the molecule is CC1OC(=O)C(NC(=O)OC(C)(C)C)COCC(O)C1Cc1ccc(F)cc1. The van der Waals surface area contributed by atoms with Gasteiger partial charge >= 0.3 is 12.1 Å². The van der Waals surface area contributed by atoms with E-state index in [0.29, 0.717) is 6.42 Å². The number of aliphatic hydroxyl groups excluding tert-OH is 1. The number of amides is 1. The molecule has 1 fully saturated rings. The van der Waals surface area contributed by atoms with Gasteiger partial charge in [0.25, 0.3) is 0 Å². The van der Waals surface area contributed by atoms with Crippen molar-refractivity contribution in [2.45, 2.75) is 58.0 Å². The molecule has 0 aliphatic carbocycles. The molecule has 1 aliphatic rings. The largest absolute Gasteiger partial charge is 0.461 e. The highest BCUT2D eigenvalue weighted by Gasteiger charge is 2.34. The average Bonchev–Trinajstić information content (AvgIpc) is 2.61. The van der Waals surface area contributed by atoms with E-state index in [0.717, 1.165) is 5.56 Å². The third-order valence-corrected chi connectivity index (χ3v) is 4.33. The molecule has 7 nitrogen and oxygen atoms in total. The van der Waals surface area contributed by atoms with Crippen LogP contribution in [-0.4, -0.2) is 54.2 Å². The number of ether oxygens (including phenoxy) is 3. The molecule has 1 saturated heterocycles. The summed E-state index contributed by atoms with van der Waals surface area (Å²) in [5.74, 6) is -1.47. The van der Waals surface area contributed by atoms with E-state index in [1.165, 1.54) is 12.1 Å². The quantitative estimate of drug-likeness (QED) is 0.760. The molecule has 1 heterocycles. The van der Waals surface area contributed by atoms with E-state index in [1.54, 1.807) is 39.8 Å². The molecule has 2 N–H and O–H groups in total. The van der Waals surface area contributed by atoms with Crippen molar-refractivity contribution in [3.05, 3.63) is 35.6 Å². The van der Waals surface area contributed by atoms with Gasteiger partial charge in [0.1, 0.15) is 17.5 Å². The van der Waals surface area contributed by atoms with Gasteiger partial charge in [-0.25, -0.2) is 14.0 Å². The van der Waals surface area contributed by atoms with Gasteiger partial charge in [-0.15, -0.1) is 0 Å². The Balaban J connectivity index is 2.06. The van der Waals surface area contributed by atoms with Crippen molar-refractivity contribution in [2.75, 3.05) is 13.2 Å². The Labute approximate surface area is 164 Å². The molecule has 156 valence electrons. The van der Waals surface area contributed by atoms with Crippen molar-refractivity contribution < 1.29 is 33.3 Å². The first-order chi connectivity index (χ1) is 13.0. The van der Waals surface area contributed by atoms with E-state index < -0.39 is 41.8 Å². The number of aliphatic hydroxyl groups is 1. The Morgan fingerprint density at radius 3 is 2.54 bits per heavy atom. The lowest BCUT2D eigenvalue weighted by Gasteiger charge is -2.27. The second-order valence-corrected chi connectivity index (χ2v) is 7.94. The van der Waals surface area contributed by atoms with E-state index in [4.69, 9.17) is 14.2 Å². The fourth-order valence-electron chi connectivity index (χ4n) is 2.91. The summed E-state index contributed by atoms with van der Waals surface area (Å²) in [6.07, 6.45) is -1.91. The van der Waals surface area contributed by atoms with Gasteiger partial charge in [0.2, 0.25) is 0 Å².